The molecule has 0 spiro atoms. The van der Waals surface area contributed by atoms with E-state index in [0.717, 1.165) is 18.6 Å². The Bertz CT molecular complexity index is 440. The van der Waals surface area contributed by atoms with Crippen LogP contribution in [-0.2, 0) is 16.6 Å². The SMILES string of the molecule is COc1ccc(CCCN=C=O)cc1C(C)(C)C. The molecule has 98 valence electrons. The van der Waals surface area contributed by atoms with E-state index in [9.17, 15) is 4.79 Å². The highest BCUT2D eigenvalue weighted by Gasteiger charge is 2.18. The lowest BCUT2D eigenvalue weighted by Crippen LogP contribution is -2.13. The molecule has 0 bridgehead atoms. The molecular weight excluding hydrogens is 226 g/mol. The second kappa shape index (κ2) is 6.36. The van der Waals surface area contributed by atoms with Crippen molar-refractivity contribution in [3.05, 3.63) is 29.3 Å². The highest BCUT2D eigenvalue weighted by atomic mass is 16.5. The van der Waals surface area contributed by atoms with E-state index in [2.05, 4.69) is 37.9 Å². The minimum atomic E-state index is 0.0578. The minimum absolute atomic E-state index is 0.0578. The van der Waals surface area contributed by atoms with Crippen LogP contribution in [0.3, 0.4) is 0 Å². The molecule has 0 aliphatic rings. The lowest BCUT2D eigenvalue weighted by Gasteiger charge is -2.23. The Hall–Kier alpha value is -1.60. The highest BCUT2D eigenvalue weighted by molar-refractivity contribution is 5.41. The number of hydrogen-bond donors (Lipinski definition) is 0. The molecule has 0 aromatic heterocycles. The Balaban J connectivity index is 2.86. The lowest BCUT2D eigenvalue weighted by atomic mass is 9.85. The van der Waals surface area contributed by atoms with E-state index in [1.54, 1.807) is 13.2 Å². The van der Waals surface area contributed by atoms with Crippen molar-refractivity contribution in [3.63, 3.8) is 0 Å². The smallest absolute Gasteiger partial charge is 0.234 e. The summed E-state index contributed by atoms with van der Waals surface area (Å²) in [5, 5.41) is 0. The molecule has 3 heteroatoms. The van der Waals surface area contributed by atoms with Gasteiger partial charge in [0, 0.05) is 0 Å². The third-order valence-electron chi connectivity index (χ3n) is 2.87. The van der Waals surface area contributed by atoms with E-state index in [1.807, 2.05) is 6.07 Å². The summed E-state index contributed by atoms with van der Waals surface area (Å²) in [6, 6.07) is 6.26. The predicted octanol–water partition coefficient (Wildman–Crippen LogP) is 3.26. The maximum atomic E-state index is 9.98. The summed E-state index contributed by atoms with van der Waals surface area (Å²) in [4.78, 5) is 13.5. The number of isocyanates is 1. The second-order valence-corrected chi connectivity index (χ2v) is 5.36. The van der Waals surface area contributed by atoms with Crippen molar-refractivity contribution in [1.82, 2.24) is 0 Å². The molecule has 1 rings (SSSR count). The van der Waals surface area contributed by atoms with Crippen molar-refractivity contribution in [3.8, 4) is 5.75 Å². The Kier molecular flexibility index (Phi) is 5.11. The summed E-state index contributed by atoms with van der Waals surface area (Å²) < 4.78 is 5.40. The monoisotopic (exact) mass is 247 g/mol. The van der Waals surface area contributed by atoms with Gasteiger partial charge in [-0.25, -0.2) is 9.79 Å². The van der Waals surface area contributed by atoms with Gasteiger partial charge in [-0.3, -0.25) is 0 Å². The number of ether oxygens (including phenoxy) is 1. The van der Waals surface area contributed by atoms with Crippen LogP contribution in [0.5, 0.6) is 5.75 Å². The van der Waals surface area contributed by atoms with Crippen LogP contribution in [0.1, 0.15) is 38.3 Å². The van der Waals surface area contributed by atoms with E-state index in [0.29, 0.717) is 6.54 Å². The molecular formula is C15H21NO2. The van der Waals surface area contributed by atoms with E-state index in [-0.39, 0.29) is 5.41 Å². The fourth-order valence-corrected chi connectivity index (χ4v) is 1.90. The van der Waals surface area contributed by atoms with Gasteiger partial charge < -0.3 is 4.74 Å². The number of carbonyl (C=O) groups excluding carboxylic acids is 1. The summed E-state index contributed by atoms with van der Waals surface area (Å²) in [6.45, 7) is 7.06. The average Bonchev–Trinajstić information content (AvgIpc) is 2.33. The van der Waals surface area contributed by atoms with Crippen molar-refractivity contribution in [2.45, 2.75) is 39.0 Å². The summed E-state index contributed by atoms with van der Waals surface area (Å²) in [6.07, 6.45) is 3.34. The molecule has 0 heterocycles. The van der Waals surface area contributed by atoms with Crippen molar-refractivity contribution >= 4 is 6.08 Å². The highest BCUT2D eigenvalue weighted by Crippen LogP contribution is 2.32. The zero-order chi connectivity index (χ0) is 13.6. The summed E-state index contributed by atoms with van der Waals surface area (Å²) in [7, 11) is 1.70. The number of methoxy groups -OCH3 is 1. The molecule has 3 nitrogen and oxygen atoms in total. The van der Waals surface area contributed by atoms with Gasteiger partial charge in [0.25, 0.3) is 0 Å². The number of rotatable bonds is 5. The first-order valence-electron chi connectivity index (χ1n) is 6.20. The quantitative estimate of drug-likeness (QED) is 0.455. The van der Waals surface area contributed by atoms with Crippen LogP contribution in [0.25, 0.3) is 0 Å². The largest absolute Gasteiger partial charge is 0.496 e. The second-order valence-electron chi connectivity index (χ2n) is 5.36. The van der Waals surface area contributed by atoms with Gasteiger partial charge >= 0.3 is 0 Å². The van der Waals surface area contributed by atoms with Crippen LogP contribution in [-0.4, -0.2) is 19.7 Å². The van der Waals surface area contributed by atoms with Gasteiger partial charge in [-0.1, -0.05) is 32.9 Å². The van der Waals surface area contributed by atoms with Gasteiger partial charge in [-0.15, -0.1) is 0 Å². The first-order chi connectivity index (χ1) is 8.49. The number of benzene rings is 1. The van der Waals surface area contributed by atoms with Gasteiger partial charge in [0.1, 0.15) is 5.75 Å². The standard InChI is InChI=1S/C15H21NO2/c1-15(2,3)13-10-12(6-5-9-16-11-17)7-8-14(13)18-4/h7-8,10H,5-6,9H2,1-4H3. The zero-order valence-electron chi connectivity index (χ0n) is 11.6. The molecule has 18 heavy (non-hydrogen) atoms. The minimum Gasteiger partial charge on any atom is -0.496 e. The summed E-state index contributed by atoms with van der Waals surface area (Å²) in [5.74, 6) is 0.928. The Labute approximate surface area is 109 Å². The van der Waals surface area contributed by atoms with Crippen molar-refractivity contribution in [2.75, 3.05) is 13.7 Å². The van der Waals surface area contributed by atoms with Crippen LogP contribution in [0.2, 0.25) is 0 Å². The van der Waals surface area contributed by atoms with Gasteiger partial charge in [-0.2, -0.15) is 0 Å². The number of nitrogens with zero attached hydrogens (tertiary/aromatic N) is 1. The molecule has 0 aliphatic carbocycles. The van der Waals surface area contributed by atoms with Crippen molar-refractivity contribution < 1.29 is 9.53 Å². The van der Waals surface area contributed by atoms with Crippen LogP contribution < -0.4 is 4.74 Å². The van der Waals surface area contributed by atoms with Gasteiger partial charge in [0.2, 0.25) is 6.08 Å². The van der Waals surface area contributed by atoms with Gasteiger partial charge in [0.05, 0.1) is 13.7 Å². The summed E-state index contributed by atoms with van der Waals surface area (Å²) >= 11 is 0. The molecule has 0 atom stereocenters. The molecule has 0 radical (unpaired) electrons. The van der Waals surface area contributed by atoms with E-state index < -0.39 is 0 Å². The Morgan fingerprint density at radius 3 is 2.61 bits per heavy atom. The molecule has 0 unspecified atom stereocenters. The van der Waals surface area contributed by atoms with Crippen LogP contribution in [0, 0.1) is 0 Å². The predicted molar refractivity (Wildman–Crippen MR) is 73.0 cm³/mol. The summed E-state index contributed by atoms with van der Waals surface area (Å²) in [5.41, 5.74) is 2.52. The maximum absolute atomic E-state index is 9.98. The molecule has 1 aromatic carbocycles. The van der Waals surface area contributed by atoms with Gasteiger partial charge in [0.15, 0.2) is 0 Å². The van der Waals surface area contributed by atoms with Crippen LogP contribution in [0.4, 0.5) is 0 Å². The molecule has 1 aromatic rings. The Morgan fingerprint density at radius 1 is 1.33 bits per heavy atom. The first-order valence-corrected chi connectivity index (χ1v) is 6.20. The molecule has 0 saturated heterocycles. The number of aryl methyl sites for hydroxylation is 1. The lowest BCUT2D eigenvalue weighted by molar-refractivity contribution is 0.397. The maximum Gasteiger partial charge on any atom is 0.234 e. The van der Waals surface area contributed by atoms with E-state index >= 15 is 0 Å². The first kappa shape index (κ1) is 14.5. The van der Waals surface area contributed by atoms with Crippen LogP contribution in [0.15, 0.2) is 23.2 Å². The molecule has 0 amide bonds. The van der Waals surface area contributed by atoms with E-state index in [4.69, 9.17) is 4.74 Å². The fourth-order valence-electron chi connectivity index (χ4n) is 1.90. The Morgan fingerprint density at radius 2 is 2.06 bits per heavy atom. The molecule has 0 N–H and O–H groups in total. The van der Waals surface area contributed by atoms with Crippen LogP contribution >= 0.6 is 0 Å². The topological polar surface area (TPSA) is 38.7 Å². The van der Waals surface area contributed by atoms with Crippen molar-refractivity contribution in [1.29, 1.82) is 0 Å². The number of hydrogen-bond acceptors (Lipinski definition) is 3. The molecule has 0 fully saturated rings. The van der Waals surface area contributed by atoms with Crippen molar-refractivity contribution in [2.24, 2.45) is 4.99 Å². The number of aliphatic imine (C=N–C) groups is 1. The van der Waals surface area contributed by atoms with E-state index in [1.165, 1.54) is 11.1 Å². The third-order valence-corrected chi connectivity index (χ3v) is 2.87. The third kappa shape index (κ3) is 4.01. The zero-order valence-corrected chi connectivity index (χ0v) is 11.6. The normalized spacial score (nSPS) is 10.9. The molecule has 0 aliphatic heterocycles. The molecule has 0 saturated carbocycles. The van der Waals surface area contributed by atoms with Gasteiger partial charge in [-0.05, 0) is 35.4 Å². The fraction of sp³-hybridized carbons (Fsp3) is 0.533. The average molecular weight is 247 g/mol.